The third-order valence-corrected chi connectivity index (χ3v) is 4.28. The summed E-state index contributed by atoms with van der Waals surface area (Å²) in [6, 6.07) is 11.6. The van der Waals surface area contributed by atoms with Gasteiger partial charge in [-0.2, -0.15) is 5.10 Å². The van der Waals surface area contributed by atoms with Crippen LogP contribution in [0.3, 0.4) is 0 Å². The summed E-state index contributed by atoms with van der Waals surface area (Å²) >= 11 is 0. The SMILES string of the molecule is Cc1cc(Nc2cc(Oc3ccc(NC(=O)c4cccn(C)c4=O)nc3)ccn2)n[nH]1. The van der Waals surface area contributed by atoms with E-state index in [1.165, 1.54) is 16.8 Å². The molecule has 31 heavy (non-hydrogen) atoms. The van der Waals surface area contributed by atoms with E-state index < -0.39 is 5.91 Å². The molecule has 3 N–H and O–H groups in total. The molecular formula is C21H19N7O3. The molecule has 0 aliphatic carbocycles. The molecule has 4 aromatic rings. The highest BCUT2D eigenvalue weighted by molar-refractivity contribution is 6.03. The molecule has 10 nitrogen and oxygen atoms in total. The van der Waals surface area contributed by atoms with Crippen LogP contribution in [-0.2, 0) is 7.05 Å². The minimum Gasteiger partial charge on any atom is -0.456 e. The predicted octanol–water partition coefficient (Wildman–Crippen LogP) is 3.00. The first kappa shape index (κ1) is 19.8. The second-order valence-electron chi connectivity index (χ2n) is 6.71. The van der Waals surface area contributed by atoms with Crippen molar-refractivity contribution in [2.45, 2.75) is 6.92 Å². The third-order valence-electron chi connectivity index (χ3n) is 4.28. The number of aromatic nitrogens is 5. The Balaban J connectivity index is 1.42. The molecule has 156 valence electrons. The summed E-state index contributed by atoms with van der Waals surface area (Å²) in [5.41, 5.74) is 0.587. The van der Waals surface area contributed by atoms with E-state index in [-0.39, 0.29) is 11.1 Å². The van der Waals surface area contributed by atoms with Gasteiger partial charge in [-0.05, 0) is 37.3 Å². The van der Waals surface area contributed by atoms with Crippen LogP contribution in [0.5, 0.6) is 11.5 Å². The van der Waals surface area contributed by atoms with Crippen LogP contribution in [0.15, 0.2) is 65.8 Å². The molecule has 0 fully saturated rings. The highest BCUT2D eigenvalue weighted by Crippen LogP contribution is 2.24. The molecule has 4 rings (SSSR count). The van der Waals surface area contributed by atoms with E-state index in [2.05, 4.69) is 30.8 Å². The predicted molar refractivity (Wildman–Crippen MR) is 115 cm³/mol. The lowest BCUT2D eigenvalue weighted by molar-refractivity contribution is 0.102. The number of nitrogens with one attached hydrogen (secondary N) is 3. The van der Waals surface area contributed by atoms with Gasteiger partial charge in [0.25, 0.3) is 11.5 Å². The average molecular weight is 417 g/mol. The number of anilines is 3. The van der Waals surface area contributed by atoms with Gasteiger partial charge in [-0.3, -0.25) is 14.7 Å². The summed E-state index contributed by atoms with van der Waals surface area (Å²) in [4.78, 5) is 32.8. The molecule has 0 saturated carbocycles. The van der Waals surface area contributed by atoms with Crippen molar-refractivity contribution < 1.29 is 9.53 Å². The van der Waals surface area contributed by atoms with Crippen LogP contribution in [0.2, 0.25) is 0 Å². The minimum atomic E-state index is -0.527. The molecule has 0 atom stereocenters. The van der Waals surface area contributed by atoms with Crippen molar-refractivity contribution >= 4 is 23.4 Å². The zero-order chi connectivity index (χ0) is 21.8. The van der Waals surface area contributed by atoms with Crippen molar-refractivity contribution in [2.75, 3.05) is 10.6 Å². The van der Waals surface area contributed by atoms with Gasteiger partial charge in [-0.25, -0.2) is 9.97 Å². The number of amides is 1. The van der Waals surface area contributed by atoms with Gasteiger partial charge in [0, 0.05) is 37.3 Å². The lowest BCUT2D eigenvalue weighted by Crippen LogP contribution is -2.27. The number of H-pyrrole nitrogens is 1. The number of hydrogen-bond donors (Lipinski definition) is 3. The number of rotatable bonds is 6. The number of nitrogens with zero attached hydrogens (tertiary/aromatic N) is 4. The molecule has 0 saturated heterocycles. The Morgan fingerprint density at radius 2 is 1.94 bits per heavy atom. The highest BCUT2D eigenvalue weighted by Gasteiger charge is 2.12. The van der Waals surface area contributed by atoms with Crippen LogP contribution >= 0.6 is 0 Å². The molecule has 4 heterocycles. The highest BCUT2D eigenvalue weighted by atomic mass is 16.5. The normalized spacial score (nSPS) is 10.5. The maximum absolute atomic E-state index is 12.3. The molecule has 10 heteroatoms. The van der Waals surface area contributed by atoms with Crippen LogP contribution < -0.4 is 20.9 Å². The molecular weight excluding hydrogens is 398 g/mol. The second kappa shape index (κ2) is 8.49. The number of aromatic amines is 1. The van der Waals surface area contributed by atoms with E-state index in [9.17, 15) is 9.59 Å². The maximum Gasteiger partial charge on any atom is 0.263 e. The Labute approximate surface area is 177 Å². The third kappa shape index (κ3) is 4.75. The van der Waals surface area contributed by atoms with Crippen molar-refractivity contribution in [3.05, 3.63) is 82.7 Å². The van der Waals surface area contributed by atoms with Crippen molar-refractivity contribution in [2.24, 2.45) is 7.05 Å². The first-order chi connectivity index (χ1) is 15.0. The molecule has 0 aliphatic heterocycles. The molecule has 0 aliphatic rings. The fraction of sp³-hybridized carbons (Fsp3) is 0.0952. The number of ether oxygens (including phenoxy) is 1. The molecule has 0 aromatic carbocycles. The van der Waals surface area contributed by atoms with Crippen molar-refractivity contribution in [1.29, 1.82) is 0 Å². The van der Waals surface area contributed by atoms with Crippen molar-refractivity contribution in [3.63, 3.8) is 0 Å². The lowest BCUT2D eigenvalue weighted by Gasteiger charge is -2.09. The maximum atomic E-state index is 12.3. The molecule has 4 aromatic heterocycles. The monoisotopic (exact) mass is 417 g/mol. The number of hydrogen-bond acceptors (Lipinski definition) is 7. The summed E-state index contributed by atoms with van der Waals surface area (Å²) in [6.45, 7) is 1.91. The van der Waals surface area contributed by atoms with Gasteiger partial charge >= 0.3 is 0 Å². The molecule has 0 spiro atoms. The second-order valence-corrected chi connectivity index (χ2v) is 6.71. The quantitative estimate of drug-likeness (QED) is 0.440. The molecule has 0 bridgehead atoms. The topological polar surface area (TPSA) is 127 Å². The summed E-state index contributed by atoms with van der Waals surface area (Å²) < 4.78 is 7.14. The fourth-order valence-electron chi connectivity index (χ4n) is 2.76. The Morgan fingerprint density at radius 1 is 1.06 bits per heavy atom. The van der Waals surface area contributed by atoms with Crippen LogP contribution in [0, 0.1) is 6.92 Å². The first-order valence-electron chi connectivity index (χ1n) is 9.34. The van der Waals surface area contributed by atoms with E-state index in [0.717, 1.165) is 5.69 Å². The number of carbonyl (C=O) groups is 1. The lowest BCUT2D eigenvalue weighted by atomic mass is 10.2. The van der Waals surface area contributed by atoms with Crippen LogP contribution in [0.25, 0.3) is 0 Å². The Bertz CT molecular complexity index is 1280. The van der Waals surface area contributed by atoms with E-state index in [1.54, 1.807) is 49.8 Å². The van der Waals surface area contributed by atoms with Gasteiger partial charge < -0.3 is 19.9 Å². The number of pyridine rings is 3. The molecule has 1 amide bonds. The average Bonchev–Trinajstić information content (AvgIpc) is 3.16. The Kier molecular flexibility index (Phi) is 5.43. The summed E-state index contributed by atoms with van der Waals surface area (Å²) in [5.74, 6) is 2.02. The number of aryl methyl sites for hydroxylation is 2. The van der Waals surface area contributed by atoms with Crippen molar-refractivity contribution in [3.8, 4) is 11.5 Å². The van der Waals surface area contributed by atoms with Gasteiger partial charge in [0.05, 0.1) is 6.20 Å². The van der Waals surface area contributed by atoms with Crippen LogP contribution in [0.4, 0.5) is 17.5 Å². The standard InChI is InChI=1S/C21H19N7O3/c1-13-10-19(27-26-13)24-18-11-14(7-8-22-18)31-15-5-6-17(23-12-15)25-20(29)16-4-3-9-28(2)21(16)30/h3-12H,1-2H3,(H,23,25,29)(H2,22,24,26,27). The van der Waals surface area contributed by atoms with Gasteiger partial charge in [0.1, 0.15) is 28.7 Å². The zero-order valence-corrected chi connectivity index (χ0v) is 16.8. The first-order valence-corrected chi connectivity index (χ1v) is 9.34. The summed E-state index contributed by atoms with van der Waals surface area (Å²) in [5, 5.41) is 12.6. The van der Waals surface area contributed by atoms with E-state index in [4.69, 9.17) is 4.74 Å². The zero-order valence-electron chi connectivity index (χ0n) is 16.8. The fourth-order valence-corrected chi connectivity index (χ4v) is 2.76. The summed E-state index contributed by atoms with van der Waals surface area (Å²) in [6.07, 6.45) is 4.67. The Morgan fingerprint density at radius 3 is 2.68 bits per heavy atom. The van der Waals surface area contributed by atoms with E-state index >= 15 is 0 Å². The number of carbonyl (C=O) groups excluding carboxylic acids is 1. The Hall–Kier alpha value is -4.47. The van der Waals surface area contributed by atoms with E-state index in [0.29, 0.717) is 29.0 Å². The van der Waals surface area contributed by atoms with Gasteiger partial charge in [-0.1, -0.05) is 0 Å². The van der Waals surface area contributed by atoms with Gasteiger partial charge in [0.15, 0.2) is 5.82 Å². The van der Waals surface area contributed by atoms with Gasteiger partial charge in [0.2, 0.25) is 0 Å². The van der Waals surface area contributed by atoms with Crippen molar-refractivity contribution in [1.82, 2.24) is 24.7 Å². The largest absolute Gasteiger partial charge is 0.456 e. The van der Waals surface area contributed by atoms with E-state index in [1.807, 2.05) is 13.0 Å². The molecule has 0 unspecified atom stereocenters. The van der Waals surface area contributed by atoms with Gasteiger partial charge in [-0.15, -0.1) is 0 Å². The summed E-state index contributed by atoms with van der Waals surface area (Å²) in [7, 11) is 1.58. The minimum absolute atomic E-state index is 0.0380. The van der Waals surface area contributed by atoms with Crippen LogP contribution in [0.1, 0.15) is 16.1 Å². The van der Waals surface area contributed by atoms with Crippen LogP contribution in [-0.4, -0.2) is 30.6 Å². The molecule has 0 radical (unpaired) electrons. The smallest absolute Gasteiger partial charge is 0.263 e.